The van der Waals surface area contributed by atoms with Crippen molar-refractivity contribution in [2.75, 3.05) is 36.5 Å². The van der Waals surface area contributed by atoms with E-state index < -0.39 is 0 Å². The molecule has 0 aromatic heterocycles. The fourth-order valence-corrected chi connectivity index (χ4v) is 3.45. The lowest BCUT2D eigenvalue weighted by Gasteiger charge is -2.23. The number of carbonyl (C=O) groups is 1. The molecule has 2 aliphatic heterocycles. The number of nitrogens with zero attached hydrogens (tertiary/aromatic N) is 1. The molecule has 2 aromatic rings. The Morgan fingerprint density at radius 2 is 2.04 bits per heavy atom. The molecule has 1 unspecified atom stereocenters. The van der Waals surface area contributed by atoms with E-state index in [0.717, 1.165) is 25.2 Å². The minimum absolute atomic E-state index is 0.0408. The fraction of sp³-hybridized carbons (Fsp3) is 0.350. The third-order valence-electron chi connectivity index (χ3n) is 4.82. The fourth-order valence-electron chi connectivity index (χ4n) is 3.45. The smallest absolute Gasteiger partial charge is 0.243 e. The van der Waals surface area contributed by atoms with Gasteiger partial charge in [0.05, 0.1) is 13.2 Å². The van der Waals surface area contributed by atoms with E-state index >= 15 is 0 Å². The molecule has 0 bridgehead atoms. The molecule has 25 heavy (non-hydrogen) atoms. The second kappa shape index (κ2) is 7.25. The highest BCUT2D eigenvalue weighted by Crippen LogP contribution is 2.28. The molecule has 4 rings (SSSR count). The number of rotatable bonds is 4. The predicted octanol–water partition coefficient (Wildman–Crippen LogP) is 2.18. The van der Waals surface area contributed by atoms with Gasteiger partial charge in [-0.1, -0.05) is 30.3 Å². The second-order valence-corrected chi connectivity index (χ2v) is 6.57. The first-order valence-electron chi connectivity index (χ1n) is 8.83. The highest BCUT2D eigenvalue weighted by atomic mass is 16.5. The quantitative estimate of drug-likeness (QED) is 0.898. The highest BCUT2D eigenvalue weighted by molar-refractivity contribution is 5.95. The standard InChI is InChI=1S/C20H23N3O2/c24-20(18-14-25-12-10-21-18)22-17-7-5-15(6-8-17)13-23-11-9-16-3-1-2-4-19(16)23/h1-8,18,21H,9-14H2,(H,22,24). The number of ether oxygens (including phenoxy) is 1. The Balaban J connectivity index is 1.37. The predicted molar refractivity (Wildman–Crippen MR) is 98.9 cm³/mol. The van der Waals surface area contributed by atoms with Gasteiger partial charge in [-0.15, -0.1) is 0 Å². The lowest BCUT2D eigenvalue weighted by atomic mass is 10.1. The van der Waals surface area contributed by atoms with Crippen LogP contribution in [0.1, 0.15) is 11.1 Å². The number of amides is 1. The summed E-state index contributed by atoms with van der Waals surface area (Å²) in [6.45, 7) is 3.76. The van der Waals surface area contributed by atoms with Crippen LogP contribution in [0.2, 0.25) is 0 Å². The molecule has 0 saturated carbocycles. The number of carbonyl (C=O) groups excluding carboxylic acids is 1. The molecule has 2 N–H and O–H groups in total. The van der Waals surface area contributed by atoms with Crippen LogP contribution in [0.25, 0.3) is 0 Å². The molecule has 5 nitrogen and oxygen atoms in total. The number of hydrogen-bond acceptors (Lipinski definition) is 4. The van der Waals surface area contributed by atoms with Crippen LogP contribution in [0.5, 0.6) is 0 Å². The Kier molecular flexibility index (Phi) is 4.68. The summed E-state index contributed by atoms with van der Waals surface area (Å²) in [4.78, 5) is 14.6. The molecule has 0 aliphatic carbocycles. The topological polar surface area (TPSA) is 53.6 Å². The summed E-state index contributed by atoms with van der Waals surface area (Å²) in [5, 5.41) is 6.12. The molecular weight excluding hydrogens is 314 g/mol. The Morgan fingerprint density at radius 1 is 1.20 bits per heavy atom. The van der Waals surface area contributed by atoms with Crippen molar-refractivity contribution in [3.05, 3.63) is 59.7 Å². The first-order valence-corrected chi connectivity index (χ1v) is 8.83. The van der Waals surface area contributed by atoms with Gasteiger partial charge in [-0.25, -0.2) is 0 Å². The van der Waals surface area contributed by atoms with Gasteiger partial charge in [-0.3, -0.25) is 4.79 Å². The van der Waals surface area contributed by atoms with Crippen LogP contribution >= 0.6 is 0 Å². The average molecular weight is 337 g/mol. The third kappa shape index (κ3) is 3.67. The van der Waals surface area contributed by atoms with Gasteiger partial charge in [-0.05, 0) is 35.7 Å². The van der Waals surface area contributed by atoms with E-state index in [-0.39, 0.29) is 11.9 Å². The molecule has 0 spiro atoms. The van der Waals surface area contributed by atoms with E-state index in [1.807, 2.05) is 12.1 Å². The van der Waals surface area contributed by atoms with Crippen LogP contribution in [0.4, 0.5) is 11.4 Å². The van der Waals surface area contributed by atoms with E-state index in [4.69, 9.17) is 4.74 Å². The summed E-state index contributed by atoms with van der Waals surface area (Å²) in [5.74, 6) is -0.0408. The highest BCUT2D eigenvalue weighted by Gasteiger charge is 2.21. The lowest BCUT2D eigenvalue weighted by Crippen LogP contribution is -2.48. The van der Waals surface area contributed by atoms with Crippen molar-refractivity contribution in [1.82, 2.24) is 5.32 Å². The summed E-state index contributed by atoms with van der Waals surface area (Å²) >= 11 is 0. The molecular formula is C20H23N3O2. The van der Waals surface area contributed by atoms with E-state index in [0.29, 0.717) is 19.8 Å². The van der Waals surface area contributed by atoms with Gasteiger partial charge in [-0.2, -0.15) is 0 Å². The number of anilines is 2. The zero-order valence-corrected chi connectivity index (χ0v) is 14.2. The Hall–Kier alpha value is -2.37. The Morgan fingerprint density at radius 3 is 2.84 bits per heavy atom. The first-order chi connectivity index (χ1) is 12.3. The monoisotopic (exact) mass is 337 g/mol. The van der Waals surface area contributed by atoms with Crippen molar-refractivity contribution in [2.24, 2.45) is 0 Å². The van der Waals surface area contributed by atoms with Crippen LogP contribution in [0, 0.1) is 0 Å². The maximum Gasteiger partial charge on any atom is 0.243 e. The average Bonchev–Trinajstić information content (AvgIpc) is 3.07. The van der Waals surface area contributed by atoms with Gasteiger partial charge in [0.2, 0.25) is 5.91 Å². The largest absolute Gasteiger partial charge is 0.378 e. The minimum atomic E-state index is -0.269. The maximum atomic E-state index is 12.2. The van der Waals surface area contributed by atoms with E-state index in [1.54, 1.807) is 0 Å². The Bertz CT molecular complexity index is 739. The van der Waals surface area contributed by atoms with Crippen LogP contribution < -0.4 is 15.5 Å². The van der Waals surface area contributed by atoms with E-state index in [9.17, 15) is 4.79 Å². The van der Waals surface area contributed by atoms with Crippen molar-refractivity contribution >= 4 is 17.3 Å². The Labute approximate surface area is 148 Å². The van der Waals surface area contributed by atoms with Gasteiger partial charge in [0.25, 0.3) is 0 Å². The van der Waals surface area contributed by atoms with Crippen LogP contribution in [0.15, 0.2) is 48.5 Å². The summed E-state index contributed by atoms with van der Waals surface area (Å²) < 4.78 is 5.33. The van der Waals surface area contributed by atoms with Crippen LogP contribution in [-0.2, 0) is 22.5 Å². The molecule has 5 heteroatoms. The molecule has 2 heterocycles. The molecule has 2 aromatic carbocycles. The zero-order chi connectivity index (χ0) is 17.1. The molecule has 1 fully saturated rings. The summed E-state index contributed by atoms with van der Waals surface area (Å²) in [6, 6.07) is 16.4. The van der Waals surface area contributed by atoms with Gasteiger partial charge in [0.15, 0.2) is 0 Å². The summed E-state index contributed by atoms with van der Waals surface area (Å²) in [5.41, 5.74) is 4.83. The van der Waals surface area contributed by atoms with Crippen molar-refractivity contribution in [2.45, 2.75) is 19.0 Å². The number of fused-ring (bicyclic) bond motifs is 1. The maximum absolute atomic E-state index is 12.2. The summed E-state index contributed by atoms with van der Waals surface area (Å²) in [6.07, 6.45) is 1.11. The molecule has 0 radical (unpaired) electrons. The summed E-state index contributed by atoms with van der Waals surface area (Å²) in [7, 11) is 0. The first kappa shape index (κ1) is 16.1. The number of hydrogen-bond donors (Lipinski definition) is 2. The minimum Gasteiger partial charge on any atom is -0.378 e. The lowest BCUT2D eigenvalue weighted by molar-refractivity contribution is -0.120. The molecule has 1 saturated heterocycles. The number of nitrogens with one attached hydrogen (secondary N) is 2. The number of morpholine rings is 1. The van der Waals surface area contributed by atoms with Crippen molar-refractivity contribution in [1.29, 1.82) is 0 Å². The molecule has 2 aliphatic rings. The SMILES string of the molecule is O=C(Nc1ccc(CN2CCc3ccccc32)cc1)C1COCCN1. The second-order valence-electron chi connectivity index (χ2n) is 6.57. The van der Waals surface area contributed by atoms with Gasteiger partial charge >= 0.3 is 0 Å². The normalized spacial score (nSPS) is 19.5. The molecule has 1 amide bonds. The third-order valence-corrected chi connectivity index (χ3v) is 4.82. The van der Waals surface area contributed by atoms with Gasteiger partial charge in [0, 0.05) is 31.0 Å². The zero-order valence-electron chi connectivity index (χ0n) is 14.2. The van der Waals surface area contributed by atoms with Crippen LogP contribution in [-0.4, -0.2) is 38.3 Å². The van der Waals surface area contributed by atoms with Crippen LogP contribution in [0.3, 0.4) is 0 Å². The molecule has 130 valence electrons. The van der Waals surface area contributed by atoms with Crippen molar-refractivity contribution < 1.29 is 9.53 Å². The molecule has 1 atom stereocenters. The van der Waals surface area contributed by atoms with Crippen molar-refractivity contribution in [3.8, 4) is 0 Å². The van der Waals surface area contributed by atoms with Gasteiger partial charge < -0.3 is 20.3 Å². The number of para-hydroxylation sites is 1. The van der Waals surface area contributed by atoms with E-state index in [1.165, 1.54) is 16.8 Å². The number of benzene rings is 2. The van der Waals surface area contributed by atoms with Gasteiger partial charge in [0.1, 0.15) is 6.04 Å². The van der Waals surface area contributed by atoms with E-state index in [2.05, 4.69) is 51.9 Å². The van der Waals surface area contributed by atoms with Crippen molar-refractivity contribution in [3.63, 3.8) is 0 Å².